The molecule has 0 aliphatic heterocycles. The fourth-order valence-electron chi connectivity index (χ4n) is 3.06. The summed E-state index contributed by atoms with van der Waals surface area (Å²) in [4.78, 5) is 4.53. The number of hydrogen-bond acceptors (Lipinski definition) is 4. The fourth-order valence-corrected chi connectivity index (χ4v) is 3.06. The highest BCUT2D eigenvalue weighted by Gasteiger charge is 2.13. The summed E-state index contributed by atoms with van der Waals surface area (Å²) in [5.74, 6) is 0.368. The summed E-state index contributed by atoms with van der Waals surface area (Å²) in [6.07, 6.45) is 0. The van der Waals surface area contributed by atoms with Gasteiger partial charge in [0.2, 0.25) is 11.8 Å². The number of hydrogen-bond donors (Lipinski definition) is 1. The third-order valence-corrected chi connectivity index (χ3v) is 4.51. The molecule has 3 aromatic carbocycles. The molecule has 4 rings (SSSR count). The van der Waals surface area contributed by atoms with Crippen LogP contribution in [0.25, 0.3) is 11.1 Å². The van der Waals surface area contributed by atoms with Crippen LogP contribution in [0.2, 0.25) is 0 Å². The first-order valence-electron chi connectivity index (χ1n) is 9.58. The van der Waals surface area contributed by atoms with E-state index in [0.717, 1.165) is 11.1 Å². The first kappa shape index (κ1) is 19.5. The van der Waals surface area contributed by atoms with E-state index >= 15 is 0 Å². The Balaban J connectivity index is 1.62. The highest BCUT2D eigenvalue weighted by Crippen LogP contribution is 2.33. The van der Waals surface area contributed by atoms with Crippen molar-refractivity contribution in [3.05, 3.63) is 108 Å². The molecular formula is C25H21FN2O2. The average Bonchev–Trinajstić information content (AvgIpc) is 2.77. The normalized spacial score (nSPS) is 10.6. The van der Waals surface area contributed by atoms with Gasteiger partial charge >= 0.3 is 0 Å². The van der Waals surface area contributed by atoms with Crippen LogP contribution in [0.5, 0.6) is 11.8 Å². The lowest BCUT2D eigenvalue weighted by Crippen LogP contribution is -2.02. The molecule has 0 saturated carbocycles. The zero-order valence-corrected chi connectivity index (χ0v) is 16.3. The van der Waals surface area contributed by atoms with Gasteiger partial charge in [0.1, 0.15) is 19.0 Å². The van der Waals surface area contributed by atoms with Gasteiger partial charge in [0.05, 0.1) is 0 Å². The number of halogens is 1. The Kier molecular flexibility index (Phi) is 5.90. The minimum atomic E-state index is -0.414. The molecule has 0 radical (unpaired) electrons. The Hall–Kier alpha value is -3.86. The van der Waals surface area contributed by atoms with Crippen LogP contribution in [0.4, 0.5) is 10.1 Å². The Labute approximate surface area is 174 Å². The Morgan fingerprint density at radius 2 is 1.37 bits per heavy atom. The third-order valence-electron chi connectivity index (χ3n) is 4.51. The molecular weight excluding hydrogens is 379 g/mol. The van der Waals surface area contributed by atoms with Crippen molar-refractivity contribution < 1.29 is 13.9 Å². The molecule has 1 aromatic heterocycles. The van der Waals surface area contributed by atoms with E-state index in [1.807, 2.05) is 66.7 Å². The summed E-state index contributed by atoms with van der Waals surface area (Å²) >= 11 is 0. The molecule has 1 heterocycles. The van der Waals surface area contributed by atoms with Gasteiger partial charge in [-0.05, 0) is 41.0 Å². The van der Waals surface area contributed by atoms with Crippen LogP contribution >= 0.6 is 0 Å². The summed E-state index contributed by atoms with van der Waals surface area (Å²) in [5.41, 5.74) is 9.44. The van der Waals surface area contributed by atoms with Crippen molar-refractivity contribution in [2.75, 3.05) is 5.73 Å². The molecule has 150 valence electrons. The second-order valence-electron chi connectivity index (χ2n) is 6.82. The molecule has 0 fully saturated rings. The van der Waals surface area contributed by atoms with Gasteiger partial charge in [-0.3, -0.25) is 0 Å². The van der Waals surface area contributed by atoms with Gasteiger partial charge in [0.15, 0.2) is 0 Å². The van der Waals surface area contributed by atoms with Crippen LogP contribution in [0.3, 0.4) is 0 Å². The maximum Gasteiger partial charge on any atom is 0.225 e. The van der Waals surface area contributed by atoms with Gasteiger partial charge in [0.25, 0.3) is 0 Å². The smallest absolute Gasteiger partial charge is 0.225 e. The first-order valence-corrected chi connectivity index (χ1v) is 9.58. The van der Waals surface area contributed by atoms with Crippen LogP contribution in [0, 0.1) is 5.82 Å². The van der Waals surface area contributed by atoms with Gasteiger partial charge in [-0.15, -0.1) is 0 Å². The fraction of sp³-hybridized carbons (Fsp3) is 0.0800. The standard InChI is InChI=1S/C25H21FN2O2/c26-21-13-20(14-22(27)15-21)23-11-12-24(29-16-18-7-3-1-4-8-18)28-25(23)30-17-19-9-5-2-6-10-19/h1-15H,16-17,27H2. The Morgan fingerprint density at radius 1 is 0.733 bits per heavy atom. The third kappa shape index (κ3) is 4.94. The lowest BCUT2D eigenvalue weighted by molar-refractivity contribution is 0.268. The number of nitrogens with zero attached hydrogens (tertiary/aromatic N) is 1. The summed E-state index contributed by atoms with van der Waals surface area (Å²) in [6, 6.07) is 27.5. The van der Waals surface area contributed by atoms with E-state index in [9.17, 15) is 4.39 Å². The number of aromatic nitrogens is 1. The van der Waals surface area contributed by atoms with Crippen molar-refractivity contribution in [3.63, 3.8) is 0 Å². The number of nitrogens with two attached hydrogens (primary N) is 1. The molecule has 0 atom stereocenters. The lowest BCUT2D eigenvalue weighted by Gasteiger charge is -2.14. The van der Waals surface area contributed by atoms with Crippen molar-refractivity contribution in [3.8, 4) is 22.9 Å². The van der Waals surface area contributed by atoms with Crippen molar-refractivity contribution >= 4 is 5.69 Å². The molecule has 0 saturated heterocycles. The van der Waals surface area contributed by atoms with Gasteiger partial charge < -0.3 is 15.2 Å². The monoisotopic (exact) mass is 400 g/mol. The quantitative estimate of drug-likeness (QED) is 0.409. The van der Waals surface area contributed by atoms with Crippen molar-refractivity contribution in [1.29, 1.82) is 0 Å². The van der Waals surface area contributed by atoms with Crippen LogP contribution in [0.15, 0.2) is 91.0 Å². The van der Waals surface area contributed by atoms with E-state index in [1.54, 1.807) is 12.1 Å². The zero-order valence-electron chi connectivity index (χ0n) is 16.3. The molecule has 4 nitrogen and oxygen atoms in total. The van der Waals surface area contributed by atoms with Crippen molar-refractivity contribution in [2.45, 2.75) is 13.2 Å². The maximum absolute atomic E-state index is 13.9. The number of ether oxygens (including phenoxy) is 2. The second-order valence-corrected chi connectivity index (χ2v) is 6.82. The summed E-state index contributed by atoms with van der Waals surface area (Å²) in [6.45, 7) is 0.714. The number of benzene rings is 3. The molecule has 0 bridgehead atoms. The van der Waals surface area contributed by atoms with Crippen LogP contribution in [-0.4, -0.2) is 4.98 Å². The zero-order chi connectivity index (χ0) is 20.8. The minimum absolute atomic E-state index is 0.327. The van der Waals surface area contributed by atoms with Gasteiger partial charge in [-0.1, -0.05) is 60.7 Å². The van der Waals surface area contributed by atoms with Crippen LogP contribution < -0.4 is 15.2 Å². The molecule has 5 heteroatoms. The van der Waals surface area contributed by atoms with Gasteiger partial charge in [-0.2, -0.15) is 4.98 Å². The largest absolute Gasteiger partial charge is 0.473 e. The van der Waals surface area contributed by atoms with E-state index in [2.05, 4.69) is 4.98 Å². The molecule has 0 unspecified atom stereocenters. The second kappa shape index (κ2) is 9.09. The molecule has 2 N–H and O–H groups in total. The number of nitrogen functional groups attached to an aromatic ring is 1. The molecule has 30 heavy (non-hydrogen) atoms. The molecule has 0 aliphatic rings. The minimum Gasteiger partial charge on any atom is -0.473 e. The first-order chi connectivity index (χ1) is 14.7. The highest BCUT2D eigenvalue weighted by molar-refractivity contribution is 5.72. The topological polar surface area (TPSA) is 57.4 Å². The molecule has 0 aliphatic carbocycles. The van der Waals surface area contributed by atoms with E-state index < -0.39 is 5.82 Å². The number of anilines is 1. The van der Waals surface area contributed by atoms with E-state index in [1.165, 1.54) is 12.1 Å². The van der Waals surface area contributed by atoms with Crippen LogP contribution in [0.1, 0.15) is 11.1 Å². The predicted octanol–water partition coefficient (Wildman–Crippen LogP) is 5.63. The average molecular weight is 400 g/mol. The van der Waals surface area contributed by atoms with Crippen molar-refractivity contribution in [2.24, 2.45) is 0 Å². The predicted molar refractivity (Wildman–Crippen MR) is 116 cm³/mol. The van der Waals surface area contributed by atoms with Gasteiger partial charge in [-0.25, -0.2) is 4.39 Å². The maximum atomic E-state index is 13.9. The van der Waals surface area contributed by atoms with Crippen LogP contribution in [-0.2, 0) is 13.2 Å². The number of pyridine rings is 1. The Bertz CT molecular complexity index is 1100. The molecule has 0 spiro atoms. The van der Waals surface area contributed by atoms with Gasteiger partial charge in [0, 0.05) is 17.3 Å². The summed E-state index contributed by atoms with van der Waals surface area (Å²) in [5, 5.41) is 0. The van der Waals surface area contributed by atoms with E-state index in [4.69, 9.17) is 15.2 Å². The van der Waals surface area contributed by atoms with E-state index in [-0.39, 0.29) is 0 Å². The Morgan fingerprint density at radius 3 is 2.00 bits per heavy atom. The SMILES string of the molecule is Nc1cc(F)cc(-c2ccc(OCc3ccccc3)nc2OCc2ccccc2)c1. The lowest BCUT2D eigenvalue weighted by atomic mass is 10.1. The molecule has 4 aromatic rings. The highest BCUT2D eigenvalue weighted by atomic mass is 19.1. The number of rotatable bonds is 7. The molecule has 0 amide bonds. The van der Waals surface area contributed by atoms with E-state index in [0.29, 0.717) is 41.8 Å². The van der Waals surface area contributed by atoms with Crippen molar-refractivity contribution in [1.82, 2.24) is 4.98 Å². The summed E-state index contributed by atoms with van der Waals surface area (Å²) < 4.78 is 25.7. The summed E-state index contributed by atoms with van der Waals surface area (Å²) in [7, 11) is 0.